The van der Waals surface area contributed by atoms with Crippen LogP contribution in [-0.4, -0.2) is 44.2 Å². The summed E-state index contributed by atoms with van der Waals surface area (Å²) in [5.74, 6) is -1.11. The predicted octanol–water partition coefficient (Wildman–Crippen LogP) is 3.58. The van der Waals surface area contributed by atoms with Crippen LogP contribution in [0.4, 0.5) is 0 Å². The maximum absolute atomic E-state index is 13.0. The Kier molecular flexibility index (Phi) is 6.32. The topological polar surface area (TPSA) is 80.8 Å². The third-order valence-corrected chi connectivity index (χ3v) is 7.64. The predicted molar refractivity (Wildman–Crippen MR) is 107 cm³/mol. The summed E-state index contributed by atoms with van der Waals surface area (Å²) in [4.78, 5) is 26.7. The Balaban J connectivity index is 1.77. The van der Waals surface area contributed by atoms with Crippen LogP contribution in [0.3, 0.4) is 0 Å². The van der Waals surface area contributed by atoms with E-state index in [-0.39, 0.29) is 16.2 Å². The van der Waals surface area contributed by atoms with E-state index in [1.807, 2.05) is 13.8 Å². The monoisotopic (exact) mass is 421 g/mol. The van der Waals surface area contributed by atoms with Crippen LogP contribution in [-0.2, 0) is 14.8 Å². The van der Waals surface area contributed by atoms with E-state index in [0.29, 0.717) is 18.7 Å². The van der Waals surface area contributed by atoms with Gasteiger partial charge in [-0.05, 0) is 44.9 Å². The van der Waals surface area contributed by atoms with Gasteiger partial charge in [-0.3, -0.25) is 4.79 Å². The molecule has 0 unspecified atom stereocenters. The Labute approximate surface area is 169 Å². The van der Waals surface area contributed by atoms with Crippen molar-refractivity contribution in [1.29, 1.82) is 0 Å². The van der Waals surface area contributed by atoms with E-state index >= 15 is 0 Å². The zero-order chi connectivity index (χ0) is 20.3. The van der Waals surface area contributed by atoms with Crippen molar-refractivity contribution in [2.45, 2.75) is 38.0 Å². The Hall–Kier alpha value is -2.03. The number of ether oxygens (including phenoxy) is 1. The summed E-state index contributed by atoms with van der Waals surface area (Å²) in [6.45, 7) is 4.21. The van der Waals surface area contributed by atoms with Crippen molar-refractivity contribution in [3.8, 4) is 0 Å². The van der Waals surface area contributed by atoms with Crippen LogP contribution < -0.4 is 0 Å². The normalized spacial score (nSPS) is 15.4. The molecule has 0 radical (unpaired) electrons. The summed E-state index contributed by atoms with van der Waals surface area (Å²) < 4.78 is 32.5. The number of ketones is 1. The number of carbonyl (C=O) groups is 2. The molecule has 1 aromatic carbocycles. The minimum Gasteiger partial charge on any atom is -0.454 e. The van der Waals surface area contributed by atoms with Crippen molar-refractivity contribution in [3.63, 3.8) is 0 Å². The van der Waals surface area contributed by atoms with Gasteiger partial charge >= 0.3 is 5.97 Å². The molecule has 2 heterocycles. The fourth-order valence-electron chi connectivity index (χ4n) is 3.30. The van der Waals surface area contributed by atoms with Gasteiger partial charge in [-0.2, -0.15) is 4.31 Å². The number of sulfonamides is 1. The van der Waals surface area contributed by atoms with Gasteiger partial charge in [-0.25, -0.2) is 13.2 Å². The SMILES string of the molecule is Cc1cc(C(=O)COC(=O)c2ccccc2S(=O)(=O)N2CCCCC2)c(C)s1. The second-order valence-electron chi connectivity index (χ2n) is 6.79. The summed E-state index contributed by atoms with van der Waals surface area (Å²) in [5.41, 5.74) is 0.489. The van der Waals surface area contributed by atoms with Gasteiger partial charge in [0.05, 0.1) is 10.5 Å². The van der Waals surface area contributed by atoms with Crippen molar-refractivity contribution in [2.24, 2.45) is 0 Å². The minimum atomic E-state index is -3.78. The van der Waals surface area contributed by atoms with E-state index in [1.54, 1.807) is 18.2 Å². The molecule has 8 heteroatoms. The number of hydrogen-bond donors (Lipinski definition) is 0. The van der Waals surface area contributed by atoms with Gasteiger partial charge in [0.2, 0.25) is 15.8 Å². The number of Topliss-reactive ketones (excluding diaryl/α,β-unsaturated/α-hetero) is 1. The molecule has 0 spiro atoms. The van der Waals surface area contributed by atoms with Crippen LogP contribution in [0.25, 0.3) is 0 Å². The van der Waals surface area contributed by atoms with E-state index in [2.05, 4.69) is 0 Å². The van der Waals surface area contributed by atoms with E-state index in [9.17, 15) is 18.0 Å². The number of nitrogens with zero attached hydrogens (tertiary/aromatic N) is 1. The van der Waals surface area contributed by atoms with Crippen molar-refractivity contribution in [1.82, 2.24) is 4.31 Å². The molecule has 2 aromatic rings. The van der Waals surface area contributed by atoms with Crippen LogP contribution in [0, 0.1) is 13.8 Å². The van der Waals surface area contributed by atoms with Gasteiger partial charge in [0.15, 0.2) is 6.61 Å². The molecule has 0 atom stereocenters. The van der Waals surface area contributed by atoms with Gasteiger partial charge in [-0.15, -0.1) is 11.3 Å². The molecule has 0 N–H and O–H groups in total. The third-order valence-electron chi connectivity index (χ3n) is 4.72. The summed E-state index contributed by atoms with van der Waals surface area (Å²) in [5, 5.41) is 0. The molecular formula is C20H23NO5S2. The van der Waals surface area contributed by atoms with Gasteiger partial charge in [0, 0.05) is 28.4 Å². The quantitative estimate of drug-likeness (QED) is 0.526. The van der Waals surface area contributed by atoms with Crippen LogP contribution in [0.1, 0.15) is 49.7 Å². The first-order valence-electron chi connectivity index (χ1n) is 9.17. The molecule has 150 valence electrons. The molecule has 0 saturated carbocycles. The number of benzene rings is 1. The molecule has 1 fully saturated rings. The third kappa shape index (κ3) is 4.34. The lowest BCUT2D eigenvalue weighted by Crippen LogP contribution is -2.36. The standard InChI is InChI=1S/C20H23NO5S2/c1-14-12-17(15(2)27-14)18(22)13-26-20(23)16-8-4-5-9-19(16)28(24,25)21-10-6-3-7-11-21/h4-5,8-9,12H,3,6-7,10-11,13H2,1-2H3. The second-order valence-corrected chi connectivity index (χ2v) is 10.2. The van der Waals surface area contributed by atoms with Crippen LogP contribution in [0.15, 0.2) is 35.2 Å². The van der Waals surface area contributed by atoms with E-state index in [1.165, 1.54) is 27.8 Å². The number of esters is 1. The average molecular weight is 422 g/mol. The number of carbonyl (C=O) groups excluding carboxylic acids is 2. The Bertz CT molecular complexity index is 988. The highest BCUT2D eigenvalue weighted by Gasteiger charge is 2.30. The Morgan fingerprint density at radius 1 is 1.07 bits per heavy atom. The molecule has 1 aliphatic heterocycles. The smallest absolute Gasteiger partial charge is 0.339 e. The van der Waals surface area contributed by atoms with Gasteiger partial charge in [-0.1, -0.05) is 18.6 Å². The van der Waals surface area contributed by atoms with E-state index in [0.717, 1.165) is 29.0 Å². The van der Waals surface area contributed by atoms with Crippen molar-refractivity contribution >= 4 is 33.1 Å². The molecule has 1 aliphatic rings. The largest absolute Gasteiger partial charge is 0.454 e. The lowest BCUT2D eigenvalue weighted by Gasteiger charge is -2.26. The first-order valence-corrected chi connectivity index (χ1v) is 11.4. The van der Waals surface area contributed by atoms with Crippen molar-refractivity contribution < 1.29 is 22.7 Å². The van der Waals surface area contributed by atoms with E-state index in [4.69, 9.17) is 4.74 Å². The summed E-state index contributed by atoms with van der Waals surface area (Å²) in [6.07, 6.45) is 2.61. The maximum Gasteiger partial charge on any atom is 0.339 e. The number of piperidine rings is 1. The molecule has 6 nitrogen and oxygen atoms in total. The van der Waals surface area contributed by atoms with Crippen LogP contribution in [0.2, 0.25) is 0 Å². The number of hydrogen-bond acceptors (Lipinski definition) is 6. The molecule has 0 amide bonds. The first-order chi connectivity index (χ1) is 13.3. The molecule has 1 aromatic heterocycles. The highest BCUT2D eigenvalue weighted by molar-refractivity contribution is 7.89. The zero-order valence-corrected chi connectivity index (χ0v) is 17.6. The molecule has 0 bridgehead atoms. The first kappa shape index (κ1) is 20.7. The fourth-order valence-corrected chi connectivity index (χ4v) is 5.94. The van der Waals surface area contributed by atoms with E-state index < -0.39 is 22.6 Å². The lowest BCUT2D eigenvalue weighted by molar-refractivity contribution is 0.0470. The molecule has 1 saturated heterocycles. The lowest BCUT2D eigenvalue weighted by atomic mass is 10.2. The minimum absolute atomic E-state index is 0.0425. The highest BCUT2D eigenvalue weighted by Crippen LogP contribution is 2.25. The van der Waals surface area contributed by atoms with Crippen LogP contribution >= 0.6 is 11.3 Å². The van der Waals surface area contributed by atoms with Crippen molar-refractivity contribution in [2.75, 3.05) is 19.7 Å². The number of rotatable bonds is 6. The molecular weight excluding hydrogens is 398 g/mol. The van der Waals surface area contributed by atoms with Crippen LogP contribution in [0.5, 0.6) is 0 Å². The van der Waals surface area contributed by atoms with Gasteiger partial charge < -0.3 is 4.74 Å². The number of thiophene rings is 1. The average Bonchev–Trinajstić information content (AvgIpc) is 3.04. The summed E-state index contributed by atoms with van der Waals surface area (Å²) >= 11 is 1.50. The Morgan fingerprint density at radius 2 is 1.75 bits per heavy atom. The fraction of sp³-hybridized carbons (Fsp3) is 0.400. The molecule has 0 aliphatic carbocycles. The maximum atomic E-state index is 13.0. The van der Waals surface area contributed by atoms with Gasteiger partial charge in [0.25, 0.3) is 0 Å². The summed E-state index contributed by atoms with van der Waals surface area (Å²) in [6, 6.07) is 7.76. The number of aryl methyl sites for hydroxylation is 2. The zero-order valence-electron chi connectivity index (χ0n) is 15.9. The van der Waals surface area contributed by atoms with Gasteiger partial charge in [0.1, 0.15) is 0 Å². The van der Waals surface area contributed by atoms with Crippen molar-refractivity contribution in [3.05, 3.63) is 51.2 Å². The Morgan fingerprint density at radius 3 is 2.39 bits per heavy atom. The summed E-state index contributed by atoms with van der Waals surface area (Å²) in [7, 11) is -3.78. The molecule has 3 rings (SSSR count). The second kappa shape index (κ2) is 8.55. The molecule has 28 heavy (non-hydrogen) atoms. The highest BCUT2D eigenvalue weighted by atomic mass is 32.2.